The summed E-state index contributed by atoms with van der Waals surface area (Å²) in [7, 11) is 0. The minimum Gasteiger partial charge on any atom is -0.378 e. The summed E-state index contributed by atoms with van der Waals surface area (Å²) < 4.78 is 7.30. The number of aromatic nitrogens is 2. The summed E-state index contributed by atoms with van der Waals surface area (Å²) in [5, 5.41) is 10.6. The monoisotopic (exact) mass is 545 g/mol. The lowest BCUT2D eigenvalue weighted by Crippen LogP contribution is -2.38. The van der Waals surface area contributed by atoms with Crippen molar-refractivity contribution in [2.45, 2.75) is 39.7 Å². The zero-order valence-corrected chi connectivity index (χ0v) is 23.9. The fourth-order valence-corrected chi connectivity index (χ4v) is 6.93. The highest BCUT2D eigenvalue weighted by Crippen LogP contribution is 2.40. The van der Waals surface area contributed by atoms with Crippen LogP contribution < -0.4 is 5.32 Å². The number of piperidine rings is 1. The summed E-state index contributed by atoms with van der Waals surface area (Å²) in [6.45, 7) is 13.2. The van der Waals surface area contributed by atoms with E-state index in [0.29, 0.717) is 11.4 Å². The molecular weight excluding hydrogens is 506 g/mol. The second-order valence-electron chi connectivity index (χ2n) is 11.2. The summed E-state index contributed by atoms with van der Waals surface area (Å²) in [6.07, 6.45) is 7.79. The predicted octanol–water partition coefficient (Wildman–Crippen LogP) is 4.70. The molecule has 5 heterocycles. The SMILES string of the molecule is Cc1cccc(-c2ccn(C(=Nc3csc(CN4CCC5(CCNCC5)C4)c3C)/N=C/N3CCOCC3)n2)c1. The number of hydrogen-bond donors (Lipinski definition) is 1. The quantitative estimate of drug-likeness (QED) is 0.372. The summed E-state index contributed by atoms with van der Waals surface area (Å²) in [6, 6.07) is 10.5. The van der Waals surface area contributed by atoms with Crippen LogP contribution in [0.5, 0.6) is 0 Å². The van der Waals surface area contributed by atoms with Crippen molar-refractivity contribution in [1.29, 1.82) is 0 Å². The zero-order valence-electron chi connectivity index (χ0n) is 23.1. The third-order valence-corrected chi connectivity index (χ3v) is 9.44. The summed E-state index contributed by atoms with van der Waals surface area (Å²) in [5.41, 5.74) is 5.97. The van der Waals surface area contributed by atoms with Crippen LogP contribution in [0.2, 0.25) is 0 Å². The molecule has 0 bridgehead atoms. The molecule has 8 nitrogen and oxygen atoms in total. The first-order valence-corrected chi connectivity index (χ1v) is 15.0. The van der Waals surface area contributed by atoms with Crippen LogP contribution in [0.3, 0.4) is 0 Å². The molecule has 3 saturated heterocycles. The van der Waals surface area contributed by atoms with Gasteiger partial charge in [0.1, 0.15) is 0 Å². The lowest BCUT2D eigenvalue weighted by atomic mass is 9.78. The number of rotatable bonds is 5. The maximum Gasteiger partial charge on any atom is 0.252 e. The number of benzene rings is 1. The second-order valence-corrected chi connectivity index (χ2v) is 12.2. The van der Waals surface area contributed by atoms with Gasteiger partial charge in [-0.25, -0.2) is 14.7 Å². The Labute approximate surface area is 235 Å². The highest BCUT2D eigenvalue weighted by molar-refractivity contribution is 7.10. The van der Waals surface area contributed by atoms with E-state index >= 15 is 0 Å². The maximum atomic E-state index is 5.50. The van der Waals surface area contributed by atoms with Crippen LogP contribution in [0.4, 0.5) is 5.69 Å². The fraction of sp³-hybridized carbons (Fsp3) is 0.500. The molecular formula is C30H39N7OS. The Morgan fingerprint density at radius 1 is 1.13 bits per heavy atom. The lowest BCUT2D eigenvalue weighted by Gasteiger charge is -2.33. The Morgan fingerprint density at radius 3 is 2.79 bits per heavy atom. The molecule has 0 unspecified atom stereocenters. The number of nitrogens with one attached hydrogen (secondary N) is 1. The molecule has 206 valence electrons. The van der Waals surface area contributed by atoms with Crippen LogP contribution in [0.25, 0.3) is 11.3 Å². The van der Waals surface area contributed by atoms with E-state index in [-0.39, 0.29) is 0 Å². The Morgan fingerprint density at radius 2 is 1.97 bits per heavy atom. The molecule has 9 heteroatoms. The Kier molecular flexibility index (Phi) is 7.92. The Bertz CT molecular complexity index is 1330. The summed E-state index contributed by atoms with van der Waals surface area (Å²) >= 11 is 1.82. The fourth-order valence-electron chi connectivity index (χ4n) is 5.91. The van der Waals surface area contributed by atoms with Gasteiger partial charge >= 0.3 is 0 Å². The molecule has 39 heavy (non-hydrogen) atoms. The van der Waals surface area contributed by atoms with E-state index in [0.717, 1.165) is 62.9 Å². The van der Waals surface area contributed by atoms with Gasteiger partial charge in [-0.05, 0) is 75.9 Å². The van der Waals surface area contributed by atoms with Gasteiger partial charge in [0.2, 0.25) is 0 Å². The molecule has 0 atom stereocenters. The topological polar surface area (TPSA) is 70.3 Å². The highest BCUT2D eigenvalue weighted by Gasteiger charge is 2.38. The van der Waals surface area contributed by atoms with Crippen LogP contribution in [0, 0.1) is 19.3 Å². The van der Waals surface area contributed by atoms with Crippen molar-refractivity contribution in [1.82, 2.24) is 24.9 Å². The minimum absolute atomic E-state index is 0.522. The average molecular weight is 546 g/mol. The van der Waals surface area contributed by atoms with Crippen LogP contribution >= 0.6 is 11.3 Å². The van der Waals surface area contributed by atoms with Gasteiger partial charge in [-0.2, -0.15) is 5.10 Å². The lowest BCUT2D eigenvalue weighted by molar-refractivity contribution is 0.0701. The van der Waals surface area contributed by atoms with Crippen LogP contribution in [-0.2, 0) is 11.3 Å². The molecule has 3 aromatic rings. The molecule has 0 amide bonds. The van der Waals surface area contributed by atoms with E-state index in [2.05, 4.69) is 58.6 Å². The number of morpholine rings is 1. The zero-order chi connectivity index (χ0) is 26.7. The average Bonchev–Trinajstić information content (AvgIpc) is 3.68. The Balaban J connectivity index is 1.24. The number of aryl methyl sites for hydroxylation is 1. The smallest absolute Gasteiger partial charge is 0.252 e. The number of ether oxygens (including phenoxy) is 1. The molecule has 6 rings (SSSR count). The third-order valence-electron chi connectivity index (χ3n) is 8.37. The van der Waals surface area contributed by atoms with Crippen LogP contribution in [0.1, 0.15) is 35.3 Å². The van der Waals surface area contributed by atoms with Gasteiger partial charge < -0.3 is 15.0 Å². The first-order chi connectivity index (χ1) is 19.1. The third kappa shape index (κ3) is 6.17. The molecule has 2 aromatic heterocycles. The van der Waals surface area contributed by atoms with Crippen molar-refractivity contribution in [3.63, 3.8) is 0 Å². The van der Waals surface area contributed by atoms with E-state index in [1.165, 1.54) is 48.4 Å². The van der Waals surface area contributed by atoms with Crippen molar-refractivity contribution in [3.05, 3.63) is 57.9 Å². The van der Waals surface area contributed by atoms with Crippen molar-refractivity contribution < 1.29 is 4.74 Å². The molecule has 3 fully saturated rings. The van der Waals surface area contributed by atoms with Gasteiger partial charge in [0.05, 0.1) is 30.9 Å². The van der Waals surface area contributed by atoms with Crippen LogP contribution in [0.15, 0.2) is 51.9 Å². The number of likely N-dealkylation sites (tertiary alicyclic amines) is 1. The molecule has 3 aliphatic rings. The predicted molar refractivity (Wildman–Crippen MR) is 159 cm³/mol. The molecule has 0 radical (unpaired) electrons. The highest BCUT2D eigenvalue weighted by atomic mass is 32.1. The molecule has 1 aromatic carbocycles. The normalized spacial score (nSPS) is 20.5. The van der Waals surface area contributed by atoms with Gasteiger partial charge in [0.15, 0.2) is 0 Å². The molecule has 0 aliphatic carbocycles. The van der Waals surface area contributed by atoms with Crippen molar-refractivity contribution >= 4 is 29.3 Å². The molecule has 0 saturated carbocycles. The first kappa shape index (κ1) is 26.4. The largest absolute Gasteiger partial charge is 0.378 e. The number of thiophene rings is 1. The standard InChI is InChI=1S/C30H39N7OS/c1-23-4-3-5-25(18-23)26-6-12-37(34-26)29(32-22-35-14-16-38-17-15-35)33-27-20-39-28(24(27)2)19-36-13-9-30(21-36)7-10-31-11-8-30/h3-6,12,18,20,22,31H,7-11,13-17,19,21H2,1-2H3/b32-22+,33-29?. The van der Waals surface area contributed by atoms with E-state index in [4.69, 9.17) is 19.8 Å². The number of nitrogens with zero attached hydrogens (tertiary/aromatic N) is 6. The van der Waals surface area contributed by atoms with Gasteiger partial charge in [0, 0.05) is 48.2 Å². The minimum atomic E-state index is 0.522. The molecule has 3 aliphatic heterocycles. The van der Waals surface area contributed by atoms with Gasteiger partial charge in [-0.15, -0.1) is 11.3 Å². The first-order valence-electron chi connectivity index (χ1n) is 14.1. The maximum absolute atomic E-state index is 5.50. The summed E-state index contributed by atoms with van der Waals surface area (Å²) in [5.74, 6) is 0.572. The molecule has 1 spiro atoms. The Hall–Kier alpha value is -2.85. The second kappa shape index (κ2) is 11.7. The van der Waals surface area contributed by atoms with Crippen molar-refractivity contribution in [3.8, 4) is 11.3 Å². The molecule has 1 N–H and O–H groups in total. The van der Waals surface area contributed by atoms with E-state index in [9.17, 15) is 0 Å². The van der Waals surface area contributed by atoms with E-state index in [1.54, 1.807) is 4.68 Å². The summed E-state index contributed by atoms with van der Waals surface area (Å²) in [4.78, 5) is 16.1. The number of hydrogen-bond acceptors (Lipinski definition) is 6. The van der Waals surface area contributed by atoms with Gasteiger partial charge in [-0.1, -0.05) is 23.8 Å². The number of aliphatic imine (C=N–C) groups is 2. The van der Waals surface area contributed by atoms with Gasteiger partial charge in [0.25, 0.3) is 5.96 Å². The van der Waals surface area contributed by atoms with Gasteiger partial charge in [-0.3, -0.25) is 4.90 Å². The van der Waals surface area contributed by atoms with Crippen molar-refractivity contribution in [2.24, 2.45) is 15.4 Å². The van der Waals surface area contributed by atoms with E-state index in [1.807, 2.05) is 29.9 Å². The van der Waals surface area contributed by atoms with Crippen molar-refractivity contribution in [2.75, 3.05) is 52.5 Å². The van der Waals surface area contributed by atoms with E-state index < -0.39 is 0 Å². The van der Waals surface area contributed by atoms with Crippen LogP contribution in [-0.4, -0.2) is 84.4 Å².